The Balaban J connectivity index is 2.30. The number of aromatic nitrogens is 1. The van der Waals surface area contributed by atoms with E-state index in [9.17, 15) is 29.1 Å². The zero-order valence-corrected chi connectivity index (χ0v) is 22.1. The molecule has 3 amide bonds. The molecule has 0 fully saturated rings. The van der Waals surface area contributed by atoms with E-state index in [1.165, 1.54) is 6.92 Å². The van der Waals surface area contributed by atoms with Gasteiger partial charge in [0.15, 0.2) is 5.96 Å². The number of carbonyl (C=O) groups is 5. The minimum absolute atomic E-state index is 0.0112. The summed E-state index contributed by atoms with van der Waals surface area (Å²) in [6.45, 7) is 1.55. The lowest BCUT2D eigenvalue weighted by Gasteiger charge is -2.25. The summed E-state index contributed by atoms with van der Waals surface area (Å²) in [7, 11) is 0. The molecule has 0 saturated heterocycles. The van der Waals surface area contributed by atoms with Gasteiger partial charge in [0.1, 0.15) is 18.1 Å². The Hall–Kier alpha value is -4.66. The van der Waals surface area contributed by atoms with Crippen molar-refractivity contribution >= 4 is 46.5 Å². The number of carboxylic acids is 2. The van der Waals surface area contributed by atoms with Crippen molar-refractivity contribution in [1.82, 2.24) is 20.9 Å². The topological polar surface area (TPSA) is 268 Å². The number of nitrogens with one attached hydrogen (secondary N) is 4. The van der Waals surface area contributed by atoms with Gasteiger partial charge in [-0.2, -0.15) is 0 Å². The van der Waals surface area contributed by atoms with E-state index in [-0.39, 0.29) is 38.2 Å². The monoisotopic (exact) mass is 560 g/mol. The molecule has 0 radical (unpaired) electrons. The van der Waals surface area contributed by atoms with Crippen molar-refractivity contribution in [3.05, 3.63) is 36.0 Å². The highest BCUT2D eigenvalue weighted by molar-refractivity contribution is 5.95. The third-order valence-electron chi connectivity index (χ3n) is 5.99. The standard InChI is InChI=1S/C25H36N8O7/c1-13(26)21(36)31-17(8-9-20(34)35)22(37)33-19(11-14-12-30-16-6-3-2-5-15(14)16)23(38)32-18(24(39)40)7-4-10-29-25(27)28/h2-3,5-6,12-13,17-19,30H,4,7-11,26H2,1H3,(H,31,36)(H,32,38)(H,33,37)(H,34,35)(H,39,40)(H4,27,28,29). The summed E-state index contributed by atoms with van der Waals surface area (Å²) >= 11 is 0. The highest BCUT2D eigenvalue weighted by Crippen LogP contribution is 2.19. The Morgan fingerprint density at radius 2 is 1.55 bits per heavy atom. The molecule has 1 heterocycles. The number of para-hydroxylation sites is 1. The molecule has 0 aliphatic heterocycles. The number of hydrogen-bond acceptors (Lipinski definition) is 7. The Bertz CT molecular complexity index is 1240. The Morgan fingerprint density at radius 3 is 2.17 bits per heavy atom. The number of H-pyrrole nitrogens is 1. The van der Waals surface area contributed by atoms with Crippen molar-refractivity contribution in [2.24, 2.45) is 22.2 Å². The van der Waals surface area contributed by atoms with Crippen LogP contribution in [-0.4, -0.2) is 81.5 Å². The first-order chi connectivity index (χ1) is 18.9. The van der Waals surface area contributed by atoms with Crippen LogP contribution in [0.15, 0.2) is 35.5 Å². The summed E-state index contributed by atoms with van der Waals surface area (Å²) in [5, 5.41) is 26.9. The lowest BCUT2D eigenvalue weighted by Crippen LogP contribution is -2.57. The number of aromatic amines is 1. The van der Waals surface area contributed by atoms with Gasteiger partial charge in [0.25, 0.3) is 0 Å². The molecule has 218 valence electrons. The van der Waals surface area contributed by atoms with Crippen LogP contribution in [0.5, 0.6) is 0 Å². The number of guanidine groups is 1. The Labute approximate surface area is 229 Å². The number of nitrogens with zero attached hydrogens (tertiary/aromatic N) is 1. The smallest absolute Gasteiger partial charge is 0.326 e. The maximum absolute atomic E-state index is 13.3. The van der Waals surface area contributed by atoms with E-state index in [0.717, 1.165) is 10.9 Å². The molecule has 0 saturated carbocycles. The van der Waals surface area contributed by atoms with Crippen LogP contribution in [0.1, 0.15) is 38.2 Å². The van der Waals surface area contributed by atoms with Crippen LogP contribution in [0.3, 0.4) is 0 Å². The highest BCUT2D eigenvalue weighted by Gasteiger charge is 2.31. The van der Waals surface area contributed by atoms with Gasteiger partial charge < -0.3 is 48.3 Å². The fourth-order valence-electron chi connectivity index (χ4n) is 3.88. The maximum atomic E-state index is 13.3. The van der Waals surface area contributed by atoms with Gasteiger partial charge in [-0.1, -0.05) is 18.2 Å². The molecule has 1 aromatic carbocycles. The molecular formula is C25H36N8O7. The second kappa shape index (κ2) is 15.1. The molecule has 1 aromatic heterocycles. The van der Waals surface area contributed by atoms with Gasteiger partial charge in [-0.3, -0.25) is 24.2 Å². The fourth-order valence-corrected chi connectivity index (χ4v) is 3.88. The van der Waals surface area contributed by atoms with Crippen LogP contribution >= 0.6 is 0 Å². The van der Waals surface area contributed by atoms with E-state index in [4.69, 9.17) is 22.3 Å². The number of carbonyl (C=O) groups excluding carboxylic acids is 3. The number of fused-ring (bicyclic) bond motifs is 1. The average Bonchev–Trinajstić information content (AvgIpc) is 3.29. The van der Waals surface area contributed by atoms with Crippen molar-refractivity contribution in [2.75, 3.05) is 6.54 Å². The van der Waals surface area contributed by atoms with Crippen LogP contribution in [0.4, 0.5) is 0 Å². The van der Waals surface area contributed by atoms with Gasteiger partial charge in [-0.25, -0.2) is 4.79 Å². The Kier molecular flexibility index (Phi) is 11.9. The summed E-state index contributed by atoms with van der Waals surface area (Å²) in [6, 6.07) is 2.42. The van der Waals surface area contributed by atoms with E-state index in [1.807, 2.05) is 18.2 Å². The normalized spacial score (nSPS) is 13.8. The SMILES string of the molecule is CC(N)C(=O)NC(CCC(=O)O)C(=O)NC(Cc1c[nH]c2ccccc12)C(=O)NC(CCCN=C(N)N)C(=O)O. The van der Waals surface area contributed by atoms with Gasteiger partial charge in [-0.15, -0.1) is 0 Å². The molecule has 12 N–H and O–H groups in total. The number of hydrogen-bond donors (Lipinski definition) is 9. The molecule has 15 heteroatoms. The first-order valence-electron chi connectivity index (χ1n) is 12.6. The van der Waals surface area contributed by atoms with Crippen LogP contribution in [-0.2, 0) is 30.4 Å². The lowest BCUT2D eigenvalue weighted by molar-refractivity contribution is -0.142. The minimum Gasteiger partial charge on any atom is -0.481 e. The van der Waals surface area contributed by atoms with E-state index >= 15 is 0 Å². The van der Waals surface area contributed by atoms with Gasteiger partial charge in [0, 0.05) is 36.5 Å². The van der Waals surface area contributed by atoms with Gasteiger partial charge in [0.05, 0.1) is 6.04 Å². The molecule has 0 spiro atoms. The summed E-state index contributed by atoms with van der Waals surface area (Å²) in [5.41, 5.74) is 17.6. The van der Waals surface area contributed by atoms with Crippen LogP contribution in [0.2, 0.25) is 0 Å². The zero-order chi connectivity index (χ0) is 29.8. The molecule has 15 nitrogen and oxygen atoms in total. The van der Waals surface area contributed by atoms with Crippen LogP contribution in [0, 0.1) is 0 Å². The van der Waals surface area contributed by atoms with Gasteiger partial charge in [-0.05, 0) is 37.8 Å². The molecule has 0 aliphatic carbocycles. The largest absolute Gasteiger partial charge is 0.481 e. The van der Waals surface area contributed by atoms with Crippen molar-refractivity contribution in [2.45, 2.75) is 63.2 Å². The van der Waals surface area contributed by atoms with Crippen molar-refractivity contribution in [3.63, 3.8) is 0 Å². The second-order valence-corrected chi connectivity index (χ2v) is 9.26. The molecular weight excluding hydrogens is 524 g/mol. The number of benzene rings is 1. The zero-order valence-electron chi connectivity index (χ0n) is 22.1. The quantitative estimate of drug-likeness (QED) is 0.0652. The number of amides is 3. The predicted octanol–water partition coefficient (Wildman–Crippen LogP) is -1.48. The number of nitrogens with two attached hydrogens (primary N) is 3. The Morgan fingerprint density at radius 1 is 0.925 bits per heavy atom. The number of carboxylic acid groups (broad SMARTS) is 2. The minimum atomic E-state index is -1.30. The van der Waals surface area contributed by atoms with E-state index in [1.54, 1.807) is 12.3 Å². The van der Waals surface area contributed by atoms with E-state index in [0.29, 0.717) is 5.56 Å². The first-order valence-corrected chi connectivity index (χ1v) is 12.6. The molecule has 0 aliphatic rings. The maximum Gasteiger partial charge on any atom is 0.326 e. The van der Waals surface area contributed by atoms with E-state index in [2.05, 4.69) is 25.9 Å². The lowest BCUT2D eigenvalue weighted by atomic mass is 10.0. The second-order valence-electron chi connectivity index (χ2n) is 9.26. The molecule has 4 unspecified atom stereocenters. The summed E-state index contributed by atoms with van der Waals surface area (Å²) in [6.07, 6.45) is 1.21. The van der Waals surface area contributed by atoms with Crippen molar-refractivity contribution < 1.29 is 34.2 Å². The fraction of sp³-hybridized carbons (Fsp3) is 0.440. The van der Waals surface area contributed by atoms with Crippen LogP contribution in [0.25, 0.3) is 10.9 Å². The predicted molar refractivity (Wildman–Crippen MR) is 146 cm³/mol. The van der Waals surface area contributed by atoms with Crippen molar-refractivity contribution in [3.8, 4) is 0 Å². The van der Waals surface area contributed by atoms with Gasteiger partial charge in [0.2, 0.25) is 17.7 Å². The average molecular weight is 561 g/mol. The van der Waals surface area contributed by atoms with Crippen molar-refractivity contribution in [1.29, 1.82) is 0 Å². The van der Waals surface area contributed by atoms with Gasteiger partial charge >= 0.3 is 11.9 Å². The third kappa shape index (κ3) is 9.90. The van der Waals surface area contributed by atoms with Crippen LogP contribution < -0.4 is 33.2 Å². The molecule has 2 aromatic rings. The number of aliphatic imine (C=N–C) groups is 1. The molecule has 40 heavy (non-hydrogen) atoms. The molecule has 2 rings (SSSR count). The third-order valence-corrected chi connectivity index (χ3v) is 5.99. The highest BCUT2D eigenvalue weighted by atomic mass is 16.4. The first kappa shape index (κ1) is 31.6. The number of rotatable bonds is 16. The summed E-state index contributed by atoms with van der Waals surface area (Å²) in [4.78, 5) is 68.6. The summed E-state index contributed by atoms with van der Waals surface area (Å²) < 4.78 is 0. The van der Waals surface area contributed by atoms with E-state index < -0.39 is 60.2 Å². The summed E-state index contributed by atoms with van der Waals surface area (Å²) in [5.74, 6) is -4.93. The molecule has 0 bridgehead atoms. The molecule has 4 atom stereocenters. The number of aliphatic carboxylic acids is 2.